The molecule has 0 aliphatic carbocycles. The Kier molecular flexibility index (Phi) is 5.43. The summed E-state index contributed by atoms with van der Waals surface area (Å²) in [5.74, 6) is 0.400. The van der Waals surface area contributed by atoms with Crippen LogP contribution in [0.25, 0.3) is 0 Å². The van der Waals surface area contributed by atoms with Crippen molar-refractivity contribution >= 4 is 5.69 Å². The molecule has 0 aliphatic rings. The molecule has 4 heteroatoms. The molecule has 3 aromatic carbocycles. The van der Waals surface area contributed by atoms with Crippen LogP contribution in [0.3, 0.4) is 0 Å². The zero-order valence-electron chi connectivity index (χ0n) is 13.2. The molecule has 2 N–H and O–H groups in total. The number of ether oxygens (including phenoxy) is 1. The van der Waals surface area contributed by atoms with E-state index in [0.717, 1.165) is 11.3 Å². The van der Waals surface area contributed by atoms with Crippen LogP contribution in [0.1, 0.15) is 11.1 Å². The second kappa shape index (κ2) is 8.13. The van der Waals surface area contributed by atoms with Crippen molar-refractivity contribution in [3.05, 3.63) is 95.8 Å². The van der Waals surface area contributed by atoms with Crippen LogP contribution in [0.2, 0.25) is 0 Å². The highest BCUT2D eigenvalue weighted by Crippen LogP contribution is 2.14. The van der Waals surface area contributed by atoms with Gasteiger partial charge < -0.3 is 10.2 Å². The smallest absolute Gasteiger partial charge is 0.123 e. The molecule has 3 aromatic rings. The zero-order chi connectivity index (χ0) is 16.6. The molecule has 0 fully saturated rings. The van der Waals surface area contributed by atoms with Crippen LogP contribution in [0.5, 0.6) is 5.75 Å². The molecular formula is C20H19FN2O. The van der Waals surface area contributed by atoms with Gasteiger partial charge in [-0.15, -0.1) is 0 Å². The fraction of sp³-hybridized carbons (Fsp3) is 0.100. The minimum Gasteiger partial charge on any atom is -0.489 e. The topological polar surface area (TPSA) is 33.3 Å². The number of hydrogen-bond acceptors (Lipinski definition) is 3. The Morgan fingerprint density at radius 2 is 1.42 bits per heavy atom. The van der Waals surface area contributed by atoms with E-state index in [1.165, 1.54) is 17.7 Å². The largest absolute Gasteiger partial charge is 0.489 e. The maximum Gasteiger partial charge on any atom is 0.123 e. The Balaban J connectivity index is 1.45. The zero-order valence-corrected chi connectivity index (χ0v) is 13.2. The van der Waals surface area contributed by atoms with Crippen LogP contribution in [0, 0.1) is 5.82 Å². The summed E-state index contributed by atoms with van der Waals surface area (Å²) in [7, 11) is 0. The first-order valence-corrected chi connectivity index (χ1v) is 7.80. The first kappa shape index (κ1) is 16.0. The fourth-order valence-electron chi connectivity index (χ4n) is 2.22. The molecule has 0 aromatic heterocycles. The molecule has 3 rings (SSSR count). The van der Waals surface area contributed by atoms with Gasteiger partial charge in [0.05, 0.1) is 0 Å². The van der Waals surface area contributed by atoms with Gasteiger partial charge in [-0.3, -0.25) is 0 Å². The summed E-state index contributed by atoms with van der Waals surface area (Å²) in [6, 6.07) is 24.2. The molecule has 0 aliphatic heterocycles. The number of benzene rings is 3. The normalized spacial score (nSPS) is 10.4. The summed E-state index contributed by atoms with van der Waals surface area (Å²) < 4.78 is 18.5. The molecule has 122 valence electrons. The minimum atomic E-state index is -0.261. The van der Waals surface area contributed by atoms with Gasteiger partial charge in [0, 0.05) is 12.2 Å². The van der Waals surface area contributed by atoms with Crippen LogP contribution in [-0.2, 0) is 13.2 Å². The summed E-state index contributed by atoms with van der Waals surface area (Å²) in [6.45, 7) is 1.18. The lowest BCUT2D eigenvalue weighted by Gasteiger charge is -2.09. The number of para-hydroxylation sites is 1. The molecule has 3 nitrogen and oxygen atoms in total. The van der Waals surface area contributed by atoms with Gasteiger partial charge in [-0.2, -0.15) is 0 Å². The second-order valence-corrected chi connectivity index (χ2v) is 5.40. The summed E-state index contributed by atoms with van der Waals surface area (Å²) in [5, 5.41) is 0. The van der Waals surface area contributed by atoms with Crippen LogP contribution in [0.4, 0.5) is 10.1 Å². The predicted octanol–water partition coefficient (Wildman–Crippen LogP) is 4.52. The van der Waals surface area contributed by atoms with Crippen LogP contribution >= 0.6 is 0 Å². The van der Waals surface area contributed by atoms with Gasteiger partial charge in [0.1, 0.15) is 18.2 Å². The van der Waals surface area contributed by atoms with E-state index in [2.05, 4.69) is 23.0 Å². The van der Waals surface area contributed by atoms with Crippen LogP contribution in [-0.4, -0.2) is 0 Å². The Labute approximate surface area is 141 Å². The van der Waals surface area contributed by atoms with Gasteiger partial charge in [-0.1, -0.05) is 42.5 Å². The lowest BCUT2D eigenvalue weighted by molar-refractivity contribution is 0.305. The van der Waals surface area contributed by atoms with Gasteiger partial charge in [0.2, 0.25) is 0 Å². The molecule has 0 bridgehead atoms. The lowest BCUT2D eigenvalue weighted by Crippen LogP contribution is -2.20. The fourth-order valence-corrected chi connectivity index (χ4v) is 2.22. The third kappa shape index (κ3) is 4.83. The number of hydrazine groups is 1. The summed E-state index contributed by atoms with van der Waals surface area (Å²) >= 11 is 0. The van der Waals surface area contributed by atoms with Crippen molar-refractivity contribution in [2.45, 2.75) is 13.2 Å². The average Bonchev–Trinajstić information content (AvgIpc) is 2.63. The molecule has 0 radical (unpaired) electrons. The van der Waals surface area contributed by atoms with E-state index in [1.54, 1.807) is 12.1 Å². The Morgan fingerprint density at radius 3 is 2.12 bits per heavy atom. The molecule has 0 saturated heterocycles. The summed E-state index contributed by atoms with van der Waals surface area (Å²) in [4.78, 5) is 0. The number of rotatable bonds is 7. The monoisotopic (exact) mass is 322 g/mol. The minimum absolute atomic E-state index is 0.261. The number of anilines is 1. The van der Waals surface area contributed by atoms with Crippen molar-refractivity contribution in [3.8, 4) is 5.75 Å². The predicted molar refractivity (Wildman–Crippen MR) is 94.1 cm³/mol. The van der Waals surface area contributed by atoms with Crippen molar-refractivity contribution in [2.24, 2.45) is 0 Å². The maximum absolute atomic E-state index is 12.8. The third-order valence-electron chi connectivity index (χ3n) is 3.54. The molecule has 0 saturated carbocycles. The standard InChI is InChI=1S/C20H19FN2O/c21-18-10-12-20(13-11-18)24-15-17-8-6-16(7-9-17)14-22-23-19-4-2-1-3-5-19/h1-13,22-23H,14-15H2. The van der Waals surface area contributed by atoms with Crippen molar-refractivity contribution in [3.63, 3.8) is 0 Å². The number of nitrogens with one attached hydrogen (secondary N) is 2. The Hall–Kier alpha value is -2.85. The van der Waals surface area contributed by atoms with E-state index in [1.807, 2.05) is 42.5 Å². The highest BCUT2D eigenvalue weighted by Gasteiger charge is 1.98. The first-order chi connectivity index (χ1) is 11.8. The second-order valence-electron chi connectivity index (χ2n) is 5.40. The lowest BCUT2D eigenvalue weighted by atomic mass is 10.1. The SMILES string of the molecule is Fc1ccc(OCc2ccc(CNNc3ccccc3)cc2)cc1. The Bertz CT molecular complexity index is 743. The van der Waals surface area contributed by atoms with Crippen molar-refractivity contribution < 1.29 is 9.13 Å². The van der Waals surface area contributed by atoms with E-state index in [-0.39, 0.29) is 5.82 Å². The molecule has 0 heterocycles. The maximum atomic E-state index is 12.8. The van der Waals surface area contributed by atoms with E-state index in [9.17, 15) is 4.39 Å². The van der Waals surface area contributed by atoms with E-state index >= 15 is 0 Å². The summed E-state index contributed by atoms with van der Waals surface area (Å²) in [6.07, 6.45) is 0. The van der Waals surface area contributed by atoms with E-state index < -0.39 is 0 Å². The molecule has 0 unspecified atom stereocenters. The quantitative estimate of drug-likeness (QED) is 0.627. The highest BCUT2D eigenvalue weighted by molar-refractivity contribution is 5.41. The van der Waals surface area contributed by atoms with Gasteiger partial charge in [-0.25, -0.2) is 9.82 Å². The van der Waals surface area contributed by atoms with Crippen LogP contribution in [0.15, 0.2) is 78.9 Å². The highest BCUT2D eigenvalue weighted by atomic mass is 19.1. The van der Waals surface area contributed by atoms with Crippen molar-refractivity contribution in [1.29, 1.82) is 0 Å². The van der Waals surface area contributed by atoms with Gasteiger partial charge in [0.15, 0.2) is 0 Å². The molecule has 0 spiro atoms. The molecule has 24 heavy (non-hydrogen) atoms. The average molecular weight is 322 g/mol. The van der Waals surface area contributed by atoms with Crippen molar-refractivity contribution in [1.82, 2.24) is 5.43 Å². The van der Waals surface area contributed by atoms with Gasteiger partial charge in [0.25, 0.3) is 0 Å². The van der Waals surface area contributed by atoms with Crippen molar-refractivity contribution in [2.75, 3.05) is 5.43 Å². The molecule has 0 atom stereocenters. The molecular weight excluding hydrogens is 303 g/mol. The number of hydrogen-bond donors (Lipinski definition) is 2. The number of halogens is 1. The Morgan fingerprint density at radius 1 is 0.750 bits per heavy atom. The first-order valence-electron chi connectivity index (χ1n) is 7.80. The third-order valence-corrected chi connectivity index (χ3v) is 3.54. The molecule has 0 amide bonds. The summed E-state index contributed by atoms with van der Waals surface area (Å²) in [5.41, 5.74) is 9.61. The van der Waals surface area contributed by atoms with Gasteiger partial charge >= 0.3 is 0 Å². The van der Waals surface area contributed by atoms with E-state index in [0.29, 0.717) is 18.9 Å². The van der Waals surface area contributed by atoms with Crippen LogP contribution < -0.4 is 15.6 Å². The van der Waals surface area contributed by atoms with Gasteiger partial charge in [-0.05, 0) is 47.5 Å². The van der Waals surface area contributed by atoms with E-state index in [4.69, 9.17) is 4.74 Å².